The zero-order valence-corrected chi connectivity index (χ0v) is 19.4. The van der Waals surface area contributed by atoms with Crippen LogP contribution in [0.2, 0.25) is 6.04 Å². The highest BCUT2D eigenvalue weighted by Gasteiger charge is 2.39. The molecule has 0 aliphatic carbocycles. The Morgan fingerprint density at radius 3 is 1.83 bits per heavy atom. The van der Waals surface area contributed by atoms with Gasteiger partial charge in [0.05, 0.1) is 0 Å². The quantitative estimate of drug-likeness (QED) is 0.149. The van der Waals surface area contributed by atoms with Crippen molar-refractivity contribution in [2.24, 2.45) is 0 Å². The van der Waals surface area contributed by atoms with Gasteiger partial charge in [0.15, 0.2) is 0 Å². The van der Waals surface area contributed by atoms with Gasteiger partial charge in [0.1, 0.15) is 0 Å². The Labute approximate surface area is 180 Å². The highest BCUT2D eigenvalue weighted by Crippen LogP contribution is 2.36. The van der Waals surface area contributed by atoms with E-state index in [1.54, 1.807) is 0 Å². The van der Waals surface area contributed by atoms with Crippen molar-refractivity contribution < 1.29 is 13.3 Å². The van der Waals surface area contributed by atoms with E-state index in [2.05, 4.69) is 54.6 Å². The summed E-state index contributed by atoms with van der Waals surface area (Å²) in [6, 6.07) is 21.1. The van der Waals surface area contributed by atoms with Crippen LogP contribution in [0.4, 0.5) is 0 Å². The smallest absolute Gasteiger partial charge is 0.374 e. The van der Waals surface area contributed by atoms with Crippen molar-refractivity contribution in [3.63, 3.8) is 0 Å². The van der Waals surface area contributed by atoms with Gasteiger partial charge in [-0.1, -0.05) is 54.6 Å². The number of unbranched alkanes of at least 4 members (excludes halogenated alkanes) is 1. The molecule has 4 aromatic rings. The molecule has 4 heteroatoms. The molecule has 4 rings (SSSR count). The second-order valence-corrected chi connectivity index (χ2v) is 10.5. The van der Waals surface area contributed by atoms with Crippen LogP contribution in [0.15, 0.2) is 54.6 Å². The molecule has 0 bridgehead atoms. The summed E-state index contributed by atoms with van der Waals surface area (Å²) in [7, 11) is -2.54. The third kappa shape index (κ3) is 4.10. The Kier molecular flexibility index (Phi) is 6.69. The number of rotatable bonds is 11. The van der Waals surface area contributed by atoms with Crippen LogP contribution in [0.1, 0.15) is 39.2 Å². The fourth-order valence-electron chi connectivity index (χ4n) is 4.67. The number of hydrogen-bond acceptors (Lipinski definition) is 3. The van der Waals surface area contributed by atoms with Crippen LogP contribution >= 0.6 is 0 Å². The van der Waals surface area contributed by atoms with Crippen LogP contribution in [0.25, 0.3) is 32.3 Å². The molecule has 0 saturated heterocycles. The standard InChI is InChI=1S/C26H32O3Si/c1-4-27-30(28-5-2,29-6-3)19-8-7-10-20-13-14-23-16-15-21-11-9-12-22-17-18-24(20)26(23)25(21)22/h9,11-18H,4-8,10,19H2,1-3H3. The zero-order valence-electron chi connectivity index (χ0n) is 18.4. The Balaban J connectivity index is 1.54. The molecule has 0 fully saturated rings. The lowest BCUT2D eigenvalue weighted by molar-refractivity contribution is 0.0707. The van der Waals surface area contributed by atoms with Crippen LogP contribution < -0.4 is 0 Å². The summed E-state index contributed by atoms with van der Waals surface area (Å²) in [5.41, 5.74) is 1.43. The lowest BCUT2D eigenvalue weighted by Gasteiger charge is -2.28. The van der Waals surface area contributed by atoms with Crippen molar-refractivity contribution in [1.82, 2.24) is 0 Å². The highest BCUT2D eigenvalue weighted by atomic mass is 28.4. The molecule has 0 heterocycles. The summed E-state index contributed by atoms with van der Waals surface area (Å²) in [6.07, 6.45) is 3.21. The van der Waals surface area contributed by atoms with Crippen LogP contribution in [0.5, 0.6) is 0 Å². The molecule has 0 aliphatic rings. The van der Waals surface area contributed by atoms with E-state index in [1.807, 2.05) is 20.8 Å². The van der Waals surface area contributed by atoms with Crippen LogP contribution in [-0.2, 0) is 19.7 Å². The minimum atomic E-state index is -2.54. The summed E-state index contributed by atoms with van der Waals surface area (Å²) in [5, 5.41) is 8.16. The molecule has 3 nitrogen and oxygen atoms in total. The first-order valence-corrected chi connectivity index (χ1v) is 13.2. The molecule has 0 N–H and O–H groups in total. The predicted molar refractivity (Wildman–Crippen MR) is 129 cm³/mol. The van der Waals surface area contributed by atoms with Crippen molar-refractivity contribution in [3.8, 4) is 0 Å². The lowest BCUT2D eigenvalue weighted by Crippen LogP contribution is -2.45. The average molecular weight is 421 g/mol. The van der Waals surface area contributed by atoms with Crippen molar-refractivity contribution >= 4 is 41.1 Å². The van der Waals surface area contributed by atoms with E-state index in [0.717, 1.165) is 25.3 Å². The van der Waals surface area contributed by atoms with E-state index in [-0.39, 0.29) is 0 Å². The first-order valence-electron chi connectivity index (χ1n) is 11.3. The maximum Gasteiger partial charge on any atom is 0.500 e. The van der Waals surface area contributed by atoms with E-state index in [9.17, 15) is 0 Å². The number of benzene rings is 4. The second kappa shape index (κ2) is 9.44. The SMILES string of the molecule is CCO[Si](CCCCc1ccc2ccc3cccc4ccc1c2c34)(OCC)OCC. The van der Waals surface area contributed by atoms with Gasteiger partial charge in [0.2, 0.25) is 0 Å². The molecule has 0 amide bonds. The molecule has 30 heavy (non-hydrogen) atoms. The molecule has 0 aliphatic heterocycles. The first-order chi connectivity index (χ1) is 14.7. The van der Waals surface area contributed by atoms with E-state index in [4.69, 9.17) is 13.3 Å². The molecule has 0 unspecified atom stereocenters. The minimum absolute atomic E-state index is 0.640. The average Bonchev–Trinajstić information content (AvgIpc) is 2.76. The fraction of sp³-hybridized carbons (Fsp3) is 0.385. The van der Waals surface area contributed by atoms with Gasteiger partial charge in [-0.25, -0.2) is 0 Å². The molecular formula is C26H32O3Si. The molecule has 0 aromatic heterocycles. The molecule has 0 saturated carbocycles. The van der Waals surface area contributed by atoms with Crippen LogP contribution in [0, 0.1) is 0 Å². The summed E-state index contributed by atoms with van der Waals surface area (Å²) in [6.45, 7) is 7.98. The molecule has 0 spiro atoms. The zero-order chi connectivity index (χ0) is 21.0. The maximum atomic E-state index is 6.00. The summed E-state index contributed by atoms with van der Waals surface area (Å²) in [5.74, 6) is 0. The van der Waals surface area contributed by atoms with Crippen molar-refractivity contribution in [1.29, 1.82) is 0 Å². The maximum absolute atomic E-state index is 6.00. The normalized spacial score (nSPS) is 12.5. The topological polar surface area (TPSA) is 27.7 Å². The molecule has 0 radical (unpaired) electrons. The van der Waals surface area contributed by atoms with Crippen LogP contribution in [-0.4, -0.2) is 28.6 Å². The fourth-order valence-corrected chi connectivity index (χ4v) is 7.36. The first kappa shape index (κ1) is 21.3. The van der Waals surface area contributed by atoms with E-state index < -0.39 is 8.80 Å². The molecule has 0 atom stereocenters. The van der Waals surface area contributed by atoms with Gasteiger partial charge in [-0.05, 0) is 77.9 Å². The van der Waals surface area contributed by atoms with Gasteiger partial charge in [-0.3, -0.25) is 0 Å². The molecular weight excluding hydrogens is 388 g/mol. The molecule has 158 valence electrons. The number of aryl methyl sites for hydroxylation is 1. The highest BCUT2D eigenvalue weighted by molar-refractivity contribution is 6.60. The molecule has 4 aromatic carbocycles. The van der Waals surface area contributed by atoms with Crippen LogP contribution in [0.3, 0.4) is 0 Å². The van der Waals surface area contributed by atoms with Gasteiger partial charge in [0, 0.05) is 25.9 Å². The summed E-state index contributed by atoms with van der Waals surface area (Å²) < 4.78 is 18.0. The second-order valence-electron chi connectivity index (χ2n) is 7.77. The van der Waals surface area contributed by atoms with Gasteiger partial charge < -0.3 is 13.3 Å². The Bertz CT molecular complexity index is 1070. The van der Waals surface area contributed by atoms with E-state index in [1.165, 1.54) is 37.9 Å². The third-order valence-electron chi connectivity index (χ3n) is 5.89. The predicted octanol–water partition coefficient (Wildman–Crippen LogP) is 6.96. The van der Waals surface area contributed by atoms with E-state index >= 15 is 0 Å². The Hall–Kier alpha value is -1.98. The Morgan fingerprint density at radius 2 is 1.20 bits per heavy atom. The minimum Gasteiger partial charge on any atom is -0.374 e. The monoisotopic (exact) mass is 420 g/mol. The van der Waals surface area contributed by atoms with Gasteiger partial charge in [0.25, 0.3) is 0 Å². The largest absolute Gasteiger partial charge is 0.500 e. The summed E-state index contributed by atoms with van der Waals surface area (Å²) in [4.78, 5) is 0. The van der Waals surface area contributed by atoms with Crippen molar-refractivity contribution in [3.05, 3.63) is 60.2 Å². The lowest BCUT2D eigenvalue weighted by atomic mass is 9.91. The third-order valence-corrected chi connectivity index (χ3v) is 9.04. The van der Waals surface area contributed by atoms with Crippen molar-refractivity contribution in [2.75, 3.05) is 19.8 Å². The van der Waals surface area contributed by atoms with Gasteiger partial charge in [-0.2, -0.15) is 0 Å². The Morgan fingerprint density at radius 1 is 0.633 bits per heavy atom. The van der Waals surface area contributed by atoms with Crippen molar-refractivity contribution in [2.45, 2.75) is 46.1 Å². The summed E-state index contributed by atoms with van der Waals surface area (Å²) >= 11 is 0. The van der Waals surface area contributed by atoms with Gasteiger partial charge >= 0.3 is 8.80 Å². The van der Waals surface area contributed by atoms with Gasteiger partial charge in [-0.15, -0.1) is 0 Å². The van der Waals surface area contributed by atoms with E-state index in [0.29, 0.717) is 19.8 Å². The number of hydrogen-bond donors (Lipinski definition) is 0.